The molecule has 0 aliphatic heterocycles. The molecule has 0 saturated heterocycles. The molecule has 0 saturated carbocycles. The maximum atomic E-state index is 10.9. The minimum absolute atomic E-state index is 0.0906. The van der Waals surface area contributed by atoms with Crippen molar-refractivity contribution in [3.05, 3.63) is 24.3 Å². The molecule has 0 fully saturated rings. The topological polar surface area (TPSA) is 20.2 Å². The van der Waals surface area contributed by atoms with Gasteiger partial charge in [-0.2, -0.15) is 0 Å². The molecule has 0 rings (SSSR count). The minimum Gasteiger partial charge on any atom is -0.393 e. The standard InChI is InChI=1S/C32H62O/c1-4-7-10-13-16-19-22-25-28-31(29-26-23-20-17-14-11-8-5-2)32(33)30-27-24-21-18-15-12-9-6-3/h16-17,19-20,31-33H,4-15,18,21-30H2,1-3H3. The molecular formula is C32H62O. The van der Waals surface area contributed by atoms with E-state index in [1.165, 1.54) is 141 Å². The SMILES string of the molecule is CCCCCC=CCCCC(CCCC=CCCCCC)C(O)CCCCCCCCCC. The summed E-state index contributed by atoms with van der Waals surface area (Å²) >= 11 is 0. The van der Waals surface area contributed by atoms with E-state index >= 15 is 0 Å². The highest BCUT2D eigenvalue weighted by atomic mass is 16.3. The smallest absolute Gasteiger partial charge is 0.0568 e. The summed E-state index contributed by atoms with van der Waals surface area (Å²) in [7, 11) is 0. The van der Waals surface area contributed by atoms with Gasteiger partial charge in [0.2, 0.25) is 0 Å². The Kier molecular flexibility index (Phi) is 27.2. The summed E-state index contributed by atoms with van der Waals surface area (Å²) in [5.74, 6) is 0.497. The molecule has 33 heavy (non-hydrogen) atoms. The van der Waals surface area contributed by atoms with E-state index in [-0.39, 0.29) is 6.10 Å². The minimum atomic E-state index is -0.0906. The summed E-state index contributed by atoms with van der Waals surface area (Å²) < 4.78 is 0. The summed E-state index contributed by atoms with van der Waals surface area (Å²) in [4.78, 5) is 0. The lowest BCUT2D eigenvalue weighted by molar-refractivity contribution is 0.0841. The second kappa shape index (κ2) is 27.7. The average Bonchev–Trinajstić information content (AvgIpc) is 2.82. The number of aliphatic hydroxyl groups excluding tert-OH is 1. The highest BCUT2D eigenvalue weighted by Gasteiger charge is 2.18. The van der Waals surface area contributed by atoms with Crippen molar-refractivity contribution in [2.24, 2.45) is 5.92 Å². The fourth-order valence-corrected chi connectivity index (χ4v) is 4.74. The lowest BCUT2D eigenvalue weighted by atomic mass is 9.87. The Morgan fingerprint density at radius 1 is 0.424 bits per heavy atom. The molecule has 1 heteroatoms. The van der Waals surface area contributed by atoms with E-state index in [9.17, 15) is 5.11 Å². The van der Waals surface area contributed by atoms with Crippen LogP contribution in [0.1, 0.15) is 168 Å². The first-order valence-electron chi connectivity index (χ1n) is 15.2. The highest BCUT2D eigenvalue weighted by Crippen LogP contribution is 2.24. The van der Waals surface area contributed by atoms with E-state index < -0.39 is 0 Å². The first-order chi connectivity index (χ1) is 16.3. The van der Waals surface area contributed by atoms with Gasteiger partial charge in [-0.15, -0.1) is 0 Å². The Morgan fingerprint density at radius 3 is 1.24 bits per heavy atom. The second-order valence-corrected chi connectivity index (χ2v) is 10.4. The third kappa shape index (κ3) is 24.4. The van der Waals surface area contributed by atoms with E-state index in [4.69, 9.17) is 0 Å². The van der Waals surface area contributed by atoms with Gasteiger partial charge in [-0.1, -0.05) is 122 Å². The van der Waals surface area contributed by atoms with Crippen molar-refractivity contribution < 1.29 is 5.11 Å². The van der Waals surface area contributed by atoms with Gasteiger partial charge in [0.15, 0.2) is 0 Å². The van der Waals surface area contributed by atoms with Crippen molar-refractivity contribution in [2.75, 3.05) is 0 Å². The lowest BCUT2D eigenvalue weighted by Crippen LogP contribution is -2.20. The van der Waals surface area contributed by atoms with Crippen molar-refractivity contribution in [2.45, 2.75) is 175 Å². The molecule has 0 aromatic rings. The zero-order valence-corrected chi connectivity index (χ0v) is 23.2. The molecule has 1 atom stereocenters. The third-order valence-corrected chi connectivity index (χ3v) is 7.07. The zero-order valence-electron chi connectivity index (χ0n) is 23.2. The largest absolute Gasteiger partial charge is 0.393 e. The molecule has 0 radical (unpaired) electrons. The maximum absolute atomic E-state index is 10.9. The van der Waals surface area contributed by atoms with Crippen LogP contribution in [0.15, 0.2) is 24.3 Å². The predicted octanol–water partition coefficient (Wildman–Crippen LogP) is 11.1. The fourth-order valence-electron chi connectivity index (χ4n) is 4.74. The van der Waals surface area contributed by atoms with Crippen LogP contribution in [0.3, 0.4) is 0 Å². The van der Waals surface area contributed by atoms with Crippen LogP contribution < -0.4 is 0 Å². The normalized spacial score (nSPS) is 13.9. The van der Waals surface area contributed by atoms with Gasteiger partial charge in [-0.3, -0.25) is 0 Å². The second-order valence-electron chi connectivity index (χ2n) is 10.4. The molecule has 1 N–H and O–H groups in total. The number of hydrogen-bond donors (Lipinski definition) is 1. The van der Waals surface area contributed by atoms with E-state index in [1.54, 1.807) is 0 Å². The maximum Gasteiger partial charge on any atom is 0.0568 e. The van der Waals surface area contributed by atoms with Gasteiger partial charge in [0, 0.05) is 0 Å². The molecule has 0 spiro atoms. The van der Waals surface area contributed by atoms with Crippen LogP contribution in [0, 0.1) is 5.92 Å². The summed E-state index contributed by atoms with van der Waals surface area (Å²) in [6, 6.07) is 0. The highest BCUT2D eigenvalue weighted by molar-refractivity contribution is 4.84. The zero-order chi connectivity index (χ0) is 24.2. The van der Waals surface area contributed by atoms with E-state index in [0.29, 0.717) is 5.92 Å². The quantitative estimate of drug-likeness (QED) is 0.100. The molecule has 1 unspecified atom stereocenters. The molecule has 0 aromatic heterocycles. The van der Waals surface area contributed by atoms with E-state index in [1.807, 2.05) is 0 Å². The van der Waals surface area contributed by atoms with Crippen molar-refractivity contribution >= 4 is 0 Å². The van der Waals surface area contributed by atoms with Crippen LogP contribution in [-0.2, 0) is 0 Å². The van der Waals surface area contributed by atoms with Gasteiger partial charge in [-0.25, -0.2) is 0 Å². The molecule has 0 aliphatic carbocycles. The van der Waals surface area contributed by atoms with Gasteiger partial charge >= 0.3 is 0 Å². The van der Waals surface area contributed by atoms with Gasteiger partial charge < -0.3 is 5.11 Å². The van der Waals surface area contributed by atoms with Crippen LogP contribution in [-0.4, -0.2) is 11.2 Å². The van der Waals surface area contributed by atoms with Gasteiger partial charge in [-0.05, 0) is 76.5 Å². The Balaban J connectivity index is 4.17. The summed E-state index contributed by atoms with van der Waals surface area (Å²) in [5, 5.41) is 10.9. The molecule has 0 aromatic carbocycles. The Bertz CT molecular complexity index is 385. The number of unbranched alkanes of at least 4 members (excludes halogenated alkanes) is 15. The van der Waals surface area contributed by atoms with Gasteiger partial charge in [0.1, 0.15) is 0 Å². The molecule has 0 amide bonds. The summed E-state index contributed by atoms with van der Waals surface area (Å²) in [5.41, 5.74) is 0. The first-order valence-corrected chi connectivity index (χ1v) is 15.2. The number of rotatable bonds is 26. The summed E-state index contributed by atoms with van der Waals surface area (Å²) in [6.45, 7) is 6.82. The monoisotopic (exact) mass is 462 g/mol. The van der Waals surface area contributed by atoms with Crippen LogP contribution in [0.2, 0.25) is 0 Å². The Labute approximate surface area is 209 Å². The van der Waals surface area contributed by atoms with Crippen molar-refractivity contribution in [3.63, 3.8) is 0 Å². The number of aliphatic hydroxyl groups is 1. The van der Waals surface area contributed by atoms with Crippen LogP contribution >= 0.6 is 0 Å². The summed E-state index contributed by atoms with van der Waals surface area (Å²) in [6.07, 6.45) is 38.9. The van der Waals surface area contributed by atoms with Crippen LogP contribution in [0.4, 0.5) is 0 Å². The van der Waals surface area contributed by atoms with Gasteiger partial charge in [0.25, 0.3) is 0 Å². The molecule has 1 nitrogen and oxygen atoms in total. The van der Waals surface area contributed by atoms with Crippen LogP contribution in [0.25, 0.3) is 0 Å². The van der Waals surface area contributed by atoms with Gasteiger partial charge in [0.05, 0.1) is 6.10 Å². The average molecular weight is 463 g/mol. The molecule has 0 aliphatic rings. The number of hydrogen-bond acceptors (Lipinski definition) is 1. The molecule has 196 valence electrons. The van der Waals surface area contributed by atoms with Crippen molar-refractivity contribution in [1.29, 1.82) is 0 Å². The molecular weight excluding hydrogens is 400 g/mol. The fraction of sp³-hybridized carbons (Fsp3) is 0.875. The number of allylic oxidation sites excluding steroid dienone is 4. The Hall–Kier alpha value is -0.560. The lowest BCUT2D eigenvalue weighted by Gasteiger charge is -2.23. The van der Waals surface area contributed by atoms with E-state index in [2.05, 4.69) is 45.1 Å². The molecule has 0 heterocycles. The predicted molar refractivity (Wildman–Crippen MR) is 151 cm³/mol. The third-order valence-electron chi connectivity index (χ3n) is 7.07. The van der Waals surface area contributed by atoms with Crippen molar-refractivity contribution in [1.82, 2.24) is 0 Å². The molecule has 0 bridgehead atoms. The Morgan fingerprint density at radius 2 is 0.788 bits per heavy atom. The first kappa shape index (κ1) is 32.4. The van der Waals surface area contributed by atoms with Crippen molar-refractivity contribution in [3.8, 4) is 0 Å². The van der Waals surface area contributed by atoms with E-state index in [0.717, 1.165) is 6.42 Å². The van der Waals surface area contributed by atoms with Crippen LogP contribution in [0.5, 0.6) is 0 Å².